The van der Waals surface area contributed by atoms with Crippen LogP contribution in [-0.2, 0) is 13.2 Å². The molecule has 3 rings (SSSR count). The van der Waals surface area contributed by atoms with Gasteiger partial charge in [0.1, 0.15) is 11.8 Å². The van der Waals surface area contributed by atoms with Crippen LogP contribution in [0.25, 0.3) is 0 Å². The highest BCUT2D eigenvalue weighted by Crippen LogP contribution is 2.29. The smallest absolute Gasteiger partial charge is 0.161 e. The molecule has 1 aromatic heterocycles. The van der Waals surface area contributed by atoms with Gasteiger partial charge in [-0.25, -0.2) is 4.98 Å². The van der Waals surface area contributed by atoms with E-state index >= 15 is 0 Å². The Morgan fingerprint density at radius 1 is 1.00 bits per heavy atom. The Bertz CT molecular complexity index is 885. The maximum Gasteiger partial charge on any atom is 0.161 e. The first-order chi connectivity index (χ1) is 14.2. The first-order valence-electron chi connectivity index (χ1n) is 9.88. The van der Waals surface area contributed by atoms with Gasteiger partial charge in [-0.15, -0.1) is 0 Å². The van der Waals surface area contributed by atoms with Gasteiger partial charge in [0.05, 0.1) is 7.11 Å². The van der Waals surface area contributed by atoms with E-state index in [2.05, 4.69) is 53.6 Å². The van der Waals surface area contributed by atoms with Gasteiger partial charge in [-0.2, -0.15) is 0 Å². The quantitative estimate of drug-likeness (QED) is 0.419. The summed E-state index contributed by atoms with van der Waals surface area (Å²) in [7, 11) is 1.66. The molecular weight excluding hydrogens is 384 g/mol. The topological polar surface area (TPSA) is 43.4 Å². The molecule has 1 unspecified atom stereocenters. The van der Waals surface area contributed by atoms with Gasteiger partial charge in [-0.1, -0.05) is 67.4 Å². The minimum absolute atomic E-state index is 0.334. The molecule has 29 heavy (non-hydrogen) atoms. The molecule has 3 aromatic rings. The number of benzene rings is 2. The molecule has 0 fully saturated rings. The number of nitrogens with one attached hydrogen (secondary N) is 1. The molecule has 0 aliphatic rings. The van der Waals surface area contributed by atoms with E-state index in [1.165, 1.54) is 5.56 Å². The number of pyridine rings is 1. The number of methoxy groups -OCH3 is 1. The minimum atomic E-state index is 0.334. The normalized spacial score (nSPS) is 11.8. The molecule has 4 nitrogen and oxygen atoms in total. The molecular formula is C24H27ClN2O2. The van der Waals surface area contributed by atoms with E-state index in [0.717, 1.165) is 36.3 Å². The maximum atomic E-state index is 5.91. The second-order valence-corrected chi connectivity index (χ2v) is 7.28. The Balaban J connectivity index is 1.63. The summed E-state index contributed by atoms with van der Waals surface area (Å²) < 4.78 is 11.5. The third-order valence-corrected chi connectivity index (χ3v) is 4.97. The van der Waals surface area contributed by atoms with E-state index in [-0.39, 0.29) is 0 Å². The van der Waals surface area contributed by atoms with Crippen LogP contribution in [0.3, 0.4) is 0 Å². The predicted molar refractivity (Wildman–Crippen MR) is 118 cm³/mol. The Hall–Kier alpha value is -2.56. The fourth-order valence-electron chi connectivity index (χ4n) is 3.20. The maximum absolute atomic E-state index is 5.91. The number of nitrogens with zero attached hydrogens (tertiary/aromatic N) is 1. The highest BCUT2D eigenvalue weighted by molar-refractivity contribution is 6.29. The van der Waals surface area contributed by atoms with Crippen molar-refractivity contribution in [2.45, 2.75) is 39.0 Å². The molecule has 152 valence electrons. The van der Waals surface area contributed by atoms with Gasteiger partial charge in [-0.05, 0) is 35.7 Å². The predicted octanol–water partition coefficient (Wildman–Crippen LogP) is 5.95. The standard InChI is InChI=1S/C24H27ClN2O2/c1-3-7-21(20-8-5-4-6-9-20)26-15-18-10-12-22(23(14-18)28-2)29-17-19-11-13-24(25)27-16-19/h4-6,8-14,16,21,26H,3,7,15,17H2,1-2H3. The second kappa shape index (κ2) is 10.8. The van der Waals surface area contributed by atoms with Gasteiger partial charge < -0.3 is 14.8 Å². The van der Waals surface area contributed by atoms with E-state index < -0.39 is 0 Å². The van der Waals surface area contributed by atoms with Crippen molar-refractivity contribution in [3.05, 3.63) is 88.7 Å². The number of aromatic nitrogens is 1. The van der Waals surface area contributed by atoms with E-state index in [9.17, 15) is 0 Å². The molecule has 2 aromatic carbocycles. The van der Waals surface area contributed by atoms with Crippen molar-refractivity contribution in [1.29, 1.82) is 0 Å². The van der Waals surface area contributed by atoms with Crippen LogP contribution in [0.2, 0.25) is 5.15 Å². The van der Waals surface area contributed by atoms with Crippen LogP contribution in [0.15, 0.2) is 66.9 Å². The van der Waals surface area contributed by atoms with Gasteiger partial charge >= 0.3 is 0 Å². The number of rotatable bonds is 10. The van der Waals surface area contributed by atoms with Gasteiger partial charge in [0, 0.05) is 24.3 Å². The summed E-state index contributed by atoms with van der Waals surface area (Å²) in [6, 6.07) is 20.6. The third kappa shape index (κ3) is 6.21. The Labute approximate surface area is 177 Å². The zero-order chi connectivity index (χ0) is 20.5. The van der Waals surface area contributed by atoms with Crippen molar-refractivity contribution in [2.75, 3.05) is 7.11 Å². The van der Waals surface area contributed by atoms with Crippen LogP contribution in [0.1, 0.15) is 42.5 Å². The van der Waals surface area contributed by atoms with E-state index in [0.29, 0.717) is 23.6 Å². The van der Waals surface area contributed by atoms with Gasteiger partial charge in [0.15, 0.2) is 11.5 Å². The van der Waals surface area contributed by atoms with Crippen LogP contribution in [0.5, 0.6) is 11.5 Å². The summed E-state index contributed by atoms with van der Waals surface area (Å²) in [5, 5.41) is 4.14. The Morgan fingerprint density at radius 3 is 2.48 bits per heavy atom. The largest absolute Gasteiger partial charge is 0.493 e. The average molecular weight is 411 g/mol. The summed E-state index contributed by atoms with van der Waals surface area (Å²) in [5.41, 5.74) is 3.42. The van der Waals surface area contributed by atoms with Crippen LogP contribution < -0.4 is 14.8 Å². The summed E-state index contributed by atoms with van der Waals surface area (Å²) in [6.07, 6.45) is 3.93. The molecule has 0 aliphatic heterocycles. The van der Waals surface area contributed by atoms with E-state index in [1.54, 1.807) is 19.4 Å². The Kier molecular flexibility index (Phi) is 7.91. The Morgan fingerprint density at radius 2 is 1.79 bits per heavy atom. The molecule has 0 radical (unpaired) electrons. The second-order valence-electron chi connectivity index (χ2n) is 6.90. The molecule has 1 heterocycles. The molecule has 0 aliphatic carbocycles. The van der Waals surface area contributed by atoms with Crippen molar-refractivity contribution in [1.82, 2.24) is 10.3 Å². The molecule has 0 spiro atoms. The molecule has 0 saturated carbocycles. The number of hydrogen-bond acceptors (Lipinski definition) is 4. The highest BCUT2D eigenvalue weighted by Gasteiger charge is 2.11. The van der Waals surface area contributed by atoms with Crippen LogP contribution in [-0.4, -0.2) is 12.1 Å². The number of hydrogen-bond donors (Lipinski definition) is 1. The molecule has 1 atom stereocenters. The van der Waals surface area contributed by atoms with Gasteiger partial charge in [0.25, 0.3) is 0 Å². The average Bonchev–Trinajstić information content (AvgIpc) is 2.77. The number of ether oxygens (including phenoxy) is 2. The molecule has 0 saturated heterocycles. The fourth-order valence-corrected chi connectivity index (χ4v) is 3.31. The summed E-state index contributed by atoms with van der Waals surface area (Å²) in [5.74, 6) is 1.43. The fraction of sp³-hybridized carbons (Fsp3) is 0.292. The highest BCUT2D eigenvalue weighted by atomic mass is 35.5. The monoisotopic (exact) mass is 410 g/mol. The first-order valence-corrected chi connectivity index (χ1v) is 10.3. The van der Waals surface area contributed by atoms with Crippen molar-refractivity contribution < 1.29 is 9.47 Å². The van der Waals surface area contributed by atoms with Crippen LogP contribution >= 0.6 is 11.6 Å². The summed E-state index contributed by atoms with van der Waals surface area (Å²) in [4.78, 5) is 4.07. The molecule has 5 heteroatoms. The van der Waals surface area contributed by atoms with Gasteiger partial charge in [-0.3, -0.25) is 0 Å². The van der Waals surface area contributed by atoms with E-state index in [4.69, 9.17) is 21.1 Å². The summed E-state index contributed by atoms with van der Waals surface area (Å²) in [6.45, 7) is 3.38. The zero-order valence-electron chi connectivity index (χ0n) is 16.9. The van der Waals surface area contributed by atoms with Gasteiger partial charge in [0.2, 0.25) is 0 Å². The van der Waals surface area contributed by atoms with Crippen molar-refractivity contribution in [3.63, 3.8) is 0 Å². The molecule has 1 N–H and O–H groups in total. The van der Waals surface area contributed by atoms with E-state index in [1.807, 2.05) is 18.2 Å². The molecule has 0 bridgehead atoms. The lowest BCUT2D eigenvalue weighted by Crippen LogP contribution is -2.20. The molecule has 0 amide bonds. The zero-order valence-corrected chi connectivity index (χ0v) is 17.7. The van der Waals surface area contributed by atoms with Crippen LogP contribution in [0.4, 0.5) is 0 Å². The summed E-state index contributed by atoms with van der Waals surface area (Å²) >= 11 is 5.83. The lowest BCUT2D eigenvalue weighted by molar-refractivity contribution is 0.284. The lowest BCUT2D eigenvalue weighted by atomic mass is 10.0. The van der Waals surface area contributed by atoms with Crippen molar-refractivity contribution in [3.8, 4) is 11.5 Å². The third-order valence-electron chi connectivity index (χ3n) is 4.74. The lowest BCUT2D eigenvalue weighted by Gasteiger charge is -2.19. The number of halogens is 1. The van der Waals surface area contributed by atoms with Crippen LogP contribution in [0, 0.1) is 0 Å². The minimum Gasteiger partial charge on any atom is -0.493 e. The van der Waals surface area contributed by atoms with Crippen molar-refractivity contribution >= 4 is 11.6 Å². The van der Waals surface area contributed by atoms with Crippen molar-refractivity contribution in [2.24, 2.45) is 0 Å². The SMILES string of the molecule is CCCC(NCc1ccc(OCc2ccc(Cl)nc2)c(OC)c1)c1ccccc1. The first kappa shape index (κ1) is 21.2.